The summed E-state index contributed by atoms with van der Waals surface area (Å²) >= 11 is 0. The molecule has 2 nitrogen and oxygen atoms in total. The van der Waals surface area contributed by atoms with Gasteiger partial charge >= 0.3 is 0 Å². The Hall–Kier alpha value is -1.02. The molecule has 0 aromatic heterocycles. The number of hydrogen-bond donors (Lipinski definition) is 1. The Bertz CT molecular complexity index is 311. The maximum absolute atomic E-state index is 6.00. The molecular weight excluding hydrogens is 184 g/mol. The van der Waals surface area contributed by atoms with Crippen LogP contribution in [0.2, 0.25) is 0 Å². The average Bonchev–Trinajstić information content (AvgIpc) is 2.14. The molecule has 15 heavy (non-hydrogen) atoms. The van der Waals surface area contributed by atoms with Gasteiger partial charge in [0, 0.05) is 25.3 Å². The number of para-hydroxylation sites is 1. The molecule has 0 unspecified atom stereocenters. The molecule has 2 N–H and O–H groups in total. The zero-order chi connectivity index (χ0) is 11.5. The number of anilines is 1. The first-order valence-electron chi connectivity index (χ1n) is 5.44. The highest BCUT2D eigenvalue weighted by molar-refractivity contribution is 5.52. The molecule has 0 spiro atoms. The van der Waals surface area contributed by atoms with Crippen molar-refractivity contribution in [1.82, 2.24) is 0 Å². The van der Waals surface area contributed by atoms with Gasteiger partial charge in [-0.25, -0.2) is 0 Å². The minimum absolute atomic E-state index is 0.0839. The first kappa shape index (κ1) is 12.1. The molecule has 84 valence electrons. The van der Waals surface area contributed by atoms with E-state index in [1.54, 1.807) is 0 Å². The van der Waals surface area contributed by atoms with Gasteiger partial charge in [0.2, 0.25) is 0 Å². The van der Waals surface area contributed by atoms with E-state index in [9.17, 15) is 0 Å². The Morgan fingerprint density at radius 2 is 1.80 bits per heavy atom. The topological polar surface area (TPSA) is 29.3 Å². The van der Waals surface area contributed by atoms with E-state index < -0.39 is 0 Å². The zero-order valence-corrected chi connectivity index (χ0v) is 10.2. The summed E-state index contributed by atoms with van der Waals surface area (Å²) in [4.78, 5) is 2.15. The lowest BCUT2D eigenvalue weighted by atomic mass is 9.95. The van der Waals surface area contributed by atoms with E-state index in [-0.39, 0.29) is 5.54 Å². The molecule has 1 aromatic rings. The largest absolute Gasteiger partial charge is 0.377 e. The smallest absolute Gasteiger partial charge is 0.0393 e. The number of aryl methyl sites for hydroxylation is 1. The summed E-state index contributed by atoms with van der Waals surface area (Å²) < 4.78 is 0. The van der Waals surface area contributed by atoms with Crippen molar-refractivity contribution >= 4 is 5.69 Å². The van der Waals surface area contributed by atoms with Crippen molar-refractivity contribution in [2.45, 2.75) is 32.2 Å². The second-order valence-corrected chi connectivity index (χ2v) is 5.01. The standard InChI is InChI=1S/C13H22N2/c1-13(2,14)10-9-11-7-5-6-8-12(11)15(3)4/h5-8H,9-10,14H2,1-4H3. The van der Waals surface area contributed by atoms with Crippen LogP contribution in [0.25, 0.3) is 0 Å². The van der Waals surface area contributed by atoms with Crippen LogP contribution in [0.3, 0.4) is 0 Å². The number of nitrogens with zero attached hydrogens (tertiary/aromatic N) is 1. The van der Waals surface area contributed by atoms with Crippen LogP contribution in [0, 0.1) is 0 Å². The average molecular weight is 206 g/mol. The molecule has 0 atom stereocenters. The minimum Gasteiger partial charge on any atom is -0.377 e. The van der Waals surface area contributed by atoms with Crippen LogP contribution in [-0.4, -0.2) is 19.6 Å². The molecule has 2 heteroatoms. The molecule has 0 amide bonds. The lowest BCUT2D eigenvalue weighted by molar-refractivity contribution is 0.477. The molecule has 0 aliphatic heterocycles. The fourth-order valence-electron chi connectivity index (χ4n) is 1.62. The summed E-state index contributed by atoms with van der Waals surface area (Å²) in [5, 5.41) is 0. The highest BCUT2D eigenvalue weighted by Crippen LogP contribution is 2.21. The third-order valence-electron chi connectivity index (χ3n) is 2.51. The lowest BCUT2D eigenvalue weighted by Crippen LogP contribution is -2.32. The van der Waals surface area contributed by atoms with E-state index in [4.69, 9.17) is 5.73 Å². The van der Waals surface area contributed by atoms with E-state index in [0.29, 0.717) is 0 Å². The quantitative estimate of drug-likeness (QED) is 0.819. The molecule has 0 saturated heterocycles. The van der Waals surface area contributed by atoms with E-state index >= 15 is 0 Å². The van der Waals surface area contributed by atoms with E-state index in [2.05, 4.69) is 57.1 Å². The first-order valence-corrected chi connectivity index (χ1v) is 5.44. The summed E-state index contributed by atoms with van der Waals surface area (Å²) in [5.74, 6) is 0. The predicted octanol–water partition coefficient (Wildman–Crippen LogP) is 2.42. The SMILES string of the molecule is CN(C)c1ccccc1CCC(C)(C)N. The maximum Gasteiger partial charge on any atom is 0.0393 e. The first-order chi connectivity index (χ1) is 6.90. The van der Waals surface area contributed by atoms with Crippen molar-refractivity contribution in [3.05, 3.63) is 29.8 Å². The number of nitrogens with two attached hydrogens (primary N) is 1. The molecule has 1 aromatic carbocycles. The Balaban J connectivity index is 2.76. The van der Waals surface area contributed by atoms with Gasteiger partial charge in [-0.3, -0.25) is 0 Å². The van der Waals surface area contributed by atoms with Gasteiger partial charge in [0.05, 0.1) is 0 Å². The van der Waals surface area contributed by atoms with Crippen LogP contribution in [0.4, 0.5) is 5.69 Å². The van der Waals surface area contributed by atoms with E-state index in [0.717, 1.165) is 12.8 Å². The third-order valence-corrected chi connectivity index (χ3v) is 2.51. The molecule has 1 rings (SSSR count). The second-order valence-electron chi connectivity index (χ2n) is 5.01. The molecule has 0 bridgehead atoms. The Morgan fingerprint density at radius 3 is 2.33 bits per heavy atom. The van der Waals surface area contributed by atoms with Gasteiger partial charge in [-0.2, -0.15) is 0 Å². The summed E-state index contributed by atoms with van der Waals surface area (Å²) in [7, 11) is 4.15. The Kier molecular flexibility index (Phi) is 3.75. The maximum atomic E-state index is 6.00. The molecule has 0 fully saturated rings. The molecule has 0 saturated carbocycles. The summed E-state index contributed by atoms with van der Waals surface area (Å²) in [6.45, 7) is 4.15. The van der Waals surface area contributed by atoms with Gasteiger partial charge in [-0.15, -0.1) is 0 Å². The summed E-state index contributed by atoms with van der Waals surface area (Å²) in [6.07, 6.45) is 2.05. The van der Waals surface area contributed by atoms with Crippen LogP contribution in [0.15, 0.2) is 24.3 Å². The minimum atomic E-state index is -0.0839. The van der Waals surface area contributed by atoms with Crippen molar-refractivity contribution in [2.75, 3.05) is 19.0 Å². The third kappa shape index (κ3) is 3.92. The highest BCUT2D eigenvalue weighted by Gasteiger charge is 2.12. The van der Waals surface area contributed by atoms with Crippen molar-refractivity contribution in [1.29, 1.82) is 0 Å². The van der Waals surface area contributed by atoms with Crippen molar-refractivity contribution in [3.63, 3.8) is 0 Å². The van der Waals surface area contributed by atoms with Crippen LogP contribution >= 0.6 is 0 Å². The predicted molar refractivity (Wildman–Crippen MR) is 67.4 cm³/mol. The van der Waals surface area contributed by atoms with Gasteiger partial charge in [0.25, 0.3) is 0 Å². The number of rotatable bonds is 4. The number of hydrogen-bond acceptors (Lipinski definition) is 2. The normalized spacial score (nSPS) is 11.5. The van der Waals surface area contributed by atoms with Gasteiger partial charge in [0.15, 0.2) is 0 Å². The van der Waals surface area contributed by atoms with Crippen LogP contribution in [0.5, 0.6) is 0 Å². The molecular formula is C13H22N2. The number of benzene rings is 1. The van der Waals surface area contributed by atoms with Crippen molar-refractivity contribution in [2.24, 2.45) is 5.73 Å². The molecule has 0 radical (unpaired) electrons. The molecule has 0 aliphatic carbocycles. The second kappa shape index (κ2) is 4.67. The van der Waals surface area contributed by atoms with Gasteiger partial charge in [-0.05, 0) is 38.3 Å². The summed E-state index contributed by atoms with van der Waals surface area (Å²) in [6, 6.07) is 8.50. The molecule has 0 heterocycles. The van der Waals surface area contributed by atoms with E-state index in [1.807, 2.05) is 0 Å². The Labute approximate surface area is 93.1 Å². The Morgan fingerprint density at radius 1 is 1.20 bits per heavy atom. The van der Waals surface area contributed by atoms with Crippen LogP contribution in [0.1, 0.15) is 25.8 Å². The van der Waals surface area contributed by atoms with Gasteiger partial charge in [-0.1, -0.05) is 18.2 Å². The lowest BCUT2D eigenvalue weighted by Gasteiger charge is -2.21. The fraction of sp³-hybridized carbons (Fsp3) is 0.538. The summed E-state index contributed by atoms with van der Waals surface area (Å²) in [5.41, 5.74) is 8.58. The monoisotopic (exact) mass is 206 g/mol. The van der Waals surface area contributed by atoms with Gasteiger partial charge in [0.1, 0.15) is 0 Å². The van der Waals surface area contributed by atoms with E-state index in [1.165, 1.54) is 11.3 Å². The zero-order valence-electron chi connectivity index (χ0n) is 10.2. The van der Waals surface area contributed by atoms with Crippen LogP contribution < -0.4 is 10.6 Å². The van der Waals surface area contributed by atoms with Crippen molar-refractivity contribution in [3.8, 4) is 0 Å². The molecule has 0 aliphatic rings. The highest BCUT2D eigenvalue weighted by atomic mass is 15.1. The fourth-order valence-corrected chi connectivity index (χ4v) is 1.62. The van der Waals surface area contributed by atoms with Crippen LogP contribution in [-0.2, 0) is 6.42 Å². The van der Waals surface area contributed by atoms with Gasteiger partial charge < -0.3 is 10.6 Å². The van der Waals surface area contributed by atoms with Crippen molar-refractivity contribution < 1.29 is 0 Å².